The van der Waals surface area contributed by atoms with E-state index in [4.69, 9.17) is 0 Å². The van der Waals surface area contributed by atoms with E-state index < -0.39 is 0 Å². The van der Waals surface area contributed by atoms with Crippen molar-refractivity contribution >= 4 is 8.58 Å². The van der Waals surface area contributed by atoms with Crippen molar-refractivity contribution in [3.8, 4) is 0 Å². The van der Waals surface area contributed by atoms with Crippen LogP contribution in [0.15, 0.2) is 0 Å². The van der Waals surface area contributed by atoms with Gasteiger partial charge in [-0.3, -0.25) is 0 Å². The van der Waals surface area contributed by atoms with Gasteiger partial charge in [0.1, 0.15) is 0 Å². The van der Waals surface area contributed by atoms with Gasteiger partial charge in [0.2, 0.25) is 0 Å². The summed E-state index contributed by atoms with van der Waals surface area (Å²) in [5.74, 6) is 2.00. The van der Waals surface area contributed by atoms with Gasteiger partial charge in [-0.15, -0.1) is 8.58 Å². The van der Waals surface area contributed by atoms with Crippen molar-refractivity contribution in [2.24, 2.45) is 11.8 Å². The maximum atomic E-state index is 2.68. The van der Waals surface area contributed by atoms with E-state index in [-0.39, 0.29) is 0 Å². The van der Waals surface area contributed by atoms with Crippen molar-refractivity contribution in [2.45, 2.75) is 102 Å². The largest absolute Gasteiger partial charge is 0.115 e. The number of hydrogen-bond donors (Lipinski definition) is 0. The summed E-state index contributed by atoms with van der Waals surface area (Å²) < 4.78 is 0. The van der Waals surface area contributed by atoms with Gasteiger partial charge in [0.15, 0.2) is 0 Å². The Balaban J connectivity index is 2.04. The van der Waals surface area contributed by atoms with Crippen LogP contribution < -0.4 is 0 Å². The molecule has 3 unspecified atom stereocenters. The molecule has 0 spiro atoms. The second-order valence-electron chi connectivity index (χ2n) is 7.71. The highest BCUT2D eigenvalue weighted by Gasteiger charge is 2.38. The molecule has 1 heteroatoms. The molecule has 0 amide bonds. The fourth-order valence-electron chi connectivity index (χ4n) is 4.54. The highest BCUT2D eigenvalue weighted by Crippen LogP contribution is 2.50. The fraction of sp³-hybridized carbons (Fsp3) is 1.00. The Morgan fingerprint density at radius 1 is 0.700 bits per heavy atom. The monoisotopic (exact) mass is 296 g/mol. The lowest BCUT2D eigenvalue weighted by molar-refractivity contribution is 0.249. The summed E-state index contributed by atoms with van der Waals surface area (Å²) in [6, 6.07) is 0. The van der Waals surface area contributed by atoms with Gasteiger partial charge in [-0.2, -0.15) is 0 Å². The summed E-state index contributed by atoms with van der Waals surface area (Å²) in [5.41, 5.74) is 0. The Morgan fingerprint density at radius 3 is 1.85 bits per heavy atom. The van der Waals surface area contributed by atoms with Gasteiger partial charge in [-0.05, 0) is 48.8 Å². The van der Waals surface area contributed by atoms with E-state index in [1.54, 1.807) is 0 Å². The molecular formula is C19H37P. The van der Waals surface area contributed by atoms with E-state index in [9.17, 15) is 0 Å². The second kappa shape index (κ2) is 8.77. The van der Waals surface area contributed by atoms with Crippen LogP contribution in [0.3, 0.4) is 0 Å². The minimum atomic E-state index is 0.675. The quantitative estimate of drug-likeness (QED) is 0.468. The molecule has 1 saturated carbocycles. The summed E-state index contributed by atoms with van der Waals surface area (Å²) in [5, 5.41) is 0.675. The van der Waals surface area contributed by atoms with Crippen LogP contribution in [-0.4, -0.2) is 11.3 Å². The standard InChI is InChI=1S/C19H37P/c1-17-13-9-7-8-12-16-20-19(17,2)18-14-10-5-3-4-6-11-15-18/h17-18,20H,3-16H2,1-2H3. The van der Waals surface area contributed by atoms with E-state index in [0.717, 1.165) is 11.8 Å². The minimum absolute atomic E-state index is 0.675. The summed E-state index contributed by atoms with van der Waals surface area (Å²) >= 11 is 0. The van der Waals surface area contributed by atoms with E-state index in [1.165, 1.54) is 98.2 Å². The van der Waals surface area contributed by atoms with E-state index in [2.05, 4.69) is 13.8 Å². The molecular weight excluding hydrogens is 259 g/mol. The van der Waals surface area contributed by atoms with Crippen molar-refractivity contribution in [1.29, 1.82) is 0 Å². The predicted octanol–water partition coefficient (Wildman–Crippen LogP) is 6.77. The molecule has 1 heterocycles. The molecule has 0 aromatic carbocycles. The van der Waals surface area contributed by atoms with Crippen LogP contribution >= 0.6 is 8.58 Å². The highest BCUT2D eigenvalue weighted by atomic mass is 31.1. The molecule has 3 atom stereocenters. The first-order valence-electron chi connectivity index (χ1n) is 9.48. The maximum Gasteiger partial charge on any atom is -0.00964 e. The van der Waals surface area contributed by atoms with Gasteiger partial charge >= 0.3 is 0 Å². The third-order valence-corrected chi connectivity index (χ3v) is 8.56. The topological polar surface area (TPSA) is 0 Å². The molecule has 0 radical (unpaired) electrons. The van der Waals surface area contributed by atoms with Crippen LogP contribution in [0.2, 0.25) is 0 Å². The SMILES string of the molecule is CC1CCCCCCPC1(C)C1CCCCCCCC1. The predicted molar refractivity (Wildman–Crippen MR) is 94.3 cm³/mol. The van der Waals surface area contributed by atoms with Crippen LogP contribution in [0.1, 0.15) is 97.3 Å². The van der Waals surface area contributed by atoms with E-state index >= 15 is 0 Å². The lowest BCUT2D eigenvalue weighted by atomic mass is 9.76. The molecule has 1 aliphatic carbocycles. The molecule has 1 saturated heterocycles. The van der Waals surface area contributed by atoms with Crippen molar-refractivity contribution in [2.75, 3.05) is 6.16 Å². The zero-order chi connectivity index (χ0) is 14.3. The first-order valence-corrected chi connectivity index (χ1v) is 10.7. The molecule has 118 valence electrons. The van der Waals surface area contributed by atoms with Crippen molar-refractivity contribution in [3.05, 3.63) is 0 Å². The first-order chi connectivity index (χ1) is 9.73. The molecule has 0 aromatic rings. The smallest absolute Gasteiger partial charge is 0.00964 e. The summed E-state index contributed by atoms with van der Waals surface area (Å²) in [6.07, 6.45) is 21.1. The van der Waals surface area contributed by atoms with E-state index in [0.29, 0.717) is 5.16 Å². The maximum absolute atomic E-state index is 2.68. The minimum Gasteiger partial charge on any atom is -0.115 e. The molecule has 2 aliphatic rings. The zero-order valence-corrected chi connectivity index (χ0v) is 15.1. The molecule has 2 fully saturated rings. The van der Waals surface area contributed by atoms with Gasteiger partial charge in [0.05, 0.1) is 0 Å². The lowest BCUT2D eigenvalue weighted by Crippen LogP contribution is -2.37. The third-order valence-electron chi connectivity index (χ3n) is 6.30. The van der Waals surface area contributed by atoms with Gasteiger partial charge in [-0.25, -0.2) is 0 Å². The fourth-order valence-corrected chi connectivity index (χ4v) is 6.58. The molecule has 0 aromatic heterocycles. The third kappa shape index (κ3) is 4.72. The van der Waals surface area contributed by atoms with Gasteiger partial charge in [-0.1, -0.05) is 71.6 Å². The molecule has 0 nitrogen and oxygen atoms in total. The Labute approximate surface area is 129 Å². The van der Waals surface area contributed by atoms with E-state index in [1.807, 2.05) is 0 Å². The highest BCUT2D eigenvalue weighted by molar-refractivity contribution is 7.40. The second-order valence-corrected chi connectivity index (χ2v) is 9.64. The van der Waals surface area contributed by atoms with Crippen LogP contribution in [0.4, 0.5) is 0 Å². The van der Waals surface area contributed by atoms with Crippen LogP contribution in [-0.2, 0) is 0 Å². The molecule has 1 aliphatic heterocycles. The van der Waals surface area contributed by atoms with Gasteiger partial charge < -0.3 is 0 Å². The molecule has 0 bridgehead atoms. The first kappa shape index (κ1) is 16.8. The van der Waals surface area contributed by atoms with Crippen molar-refractivity contribution < 1.29 is 0 Å². The number of rotatable bonds is 1. The molecule has 0 N–H and O–H groups in total. The number of hydrogen-bond acceptors (Lipinski definition) is 0. The Kier molecular flexibility index (Phi) is 7.37. The lowest BCUT2D eigenvalue weighted by Gasteiger charge is -2.43. The van der Waals surface area contributed by atoms with Gasteiger partial charge in [0.25, 0.3) is 0 Å². The normalized spacial score (nSPS) is 37.2. The summed E-state index contributed by atoms with van der Waals surface area (Å²) in [6.45, 7) is 5.27. The van der Waals surface area contributed by atoms with Crippen LogP contribution in [0.5, 0.6) is 0 Å². The Morgan fingerprint density at radius 2 is 1.20 bits per heavy atom. The average molecular weight is 296 g/mol. The van der Waals surface area contributed by atoms with Crippen LogP contribution in [0.25, 0.3) is 0 Å². The molecule has 20 heavy (non-hydrogen) atoms. The zero-order valence-electron chi connectivity index (χ0n) is 14.1. The Bertz CT molecular complexity index is 252. The summed E-state index contributed by atoms with van der Waals surface area (Å²) in [7, 11) is 1.23. The average Bonchev–Trinajstić information content (AvgIpc) is 2.63. The Hall–Kier alpha value is 0.430. The van der Waals surface area contributed by atoms with Crippen molar-refractivity contribution in [3.63, 3.8) is 0 Å². The molecule has 2 rings (SSSR count). The van der Waals surface area contributed by atoms with Gasteiger partial charge in [0, 0.05) is 0 Å². The summed E-state index contributed by atoms with van der Waals surface area (Å²) in [4.78, 5) is 0. The van der Waals surface area contributed by atoms with Crippen LogP contribution in [0, 0.1) is 11.8 Å². The van der Waals surface area contributed by atoms with Crippen molar-refractivity contribution in [1.82, 2.24) is 0 Å².